The lowest BCUT2D eigenvalue weighted by atomic mass is 10.1. The Hall–Kier alpha value is -1.79. The van der Waals surface area contributed by atoms with Crippen LogP contribution in [0.5, 0.6) is 5.75 Å². The number of benzene rings is 2. The molecule has 0 spiro atoms. The Labute approximate surface area is 169 Å². The van der Waals surface area contributed by atoms with Crippen LogP contribution in [-0.2, 0) is 11.2 Å². The lowest BCUT2D eigenvalue weighted by molar-refractivity contribution is -0.118. The summed E-state index contributed by atoms with van der Waals surface area (Å²) >= 11 is 19.2. The van der Waals surface area contributed by atoms with Crippen molar-refractivity contribution in [3.05, 3.63) is 74.2 Å². The van der Waals surface area contributed by atoms with Crippen molar-refractivity contribution in [2.24, 2.45) is 0 Å². The zero-order valence-electron chi connectivity index (χ0n) is 13.3. The molecule has 3 aromatic rings. The van der Waals surface area contributed by atoms with E-state index < -0.39 is 0 Å². The van der Waals surface area contributed by atoms with Gasteiger partial charge in [-0.1, -0.05) is 53.0 Å². The molecule has 0 saturated carbocycles. The summed E-state index contributed by atoms with van der Waals surface area (Å²) in [5.41, 5.74) is 1.12. The fraction of sp³-hybridized carbons (Fsp3) is 0.111. The van der Waals surface area contributed by atoms with Crippen molar-refractivity contribution in [2.45, 2.75) is 6.42 Å². The summed E-state index contributed by atoms with van der Waals surface area (Å²) in [4.78, 5) is 17.3. The Morgan fingerprint density at radius 3 is 2.65 bits per heavy atom. The van der Waals surface area contributed by atoms with E-state index in [0.29, 0.717) is 20.9 Å². The second kappa shape index (κ2) is 8.73. The molecule has 134 valence electrons. The number of anilines is 1. The maximum Gasteiger partial charge on any atom is 0.264 e. The van der Waals surface area contributed by atoms with Gasteiger partial charge < -0.3 is 4.74 Å². The van der Waals surface area contributed by atoms with Crippen LogP contribution in [0.4, 0.5) is 5.13 Å². The minimum Gasteiger partial charge on any atom is -0.482 e. The van der Waals surface area contributed by atoms with Crippen LogP contribution in [0.15, 0.2) is 48.7 Å². The Kier molecular flexibility index (Phi) is 6.38. The quantitative estimate of drug-likeness (QED) is 0.548. The first-order valence-electron chi connectivity index (χ1n) is 7.57. The first-order chi connectivity index (χ1) is 12.5. The predicted molar refractivity (Wildman–Crippen MR) is 107 cm³/mol. The maximum atomic E-state index is 12.0. The van der Waals surface area contributed by atoms with E-state index in [1.807, 2.05) is 24.3 Å². The van der Waals surface area contributed by atoms with Crippen LogP contribution in [0.3, 0.4) is 0 Å². The number of ether oxygens (including phenoxy) is 1. The molecule has 0 aliphatic rings. The average Bonchev–Trinajstić information content (AvgIpc) is 3.05. The topological polar surface area (TPSA) is 51.2 Å². The van der Waals surface area contributed by atoms with Crippen LogP contribution in [-0.4, -0.2) is 17.5 Å². The molecule has 1 aromatic heterocycles. The second-order valence-electron chi connectivity index (χ2n) is 5.32. The molecule has 0 atom stereocenters. The Balaban J connectivity index is 1.54. The number of amides is 1. The second-order valence-corrected chi connectivity index (χ2v) is 7.66. The van der Waals surface area contributed by atoms with Crippen molar-refractivity contribution in [3.8, 4) is 5.75 Å². The SMILES string of the molecule is O=C(COc1cccc(Cl)c1Cl)Nc1ncc(Cc2ccc(Cl)cc2)s1. The van der Waals surface area contributed by atoms with E-state index in [-0.39, 0.29) is 17.5 Å². The van der Waals surface area contributed by atoms with Gasteiger partial charge in [-0.25, -0.2) is 4.98 Å². The number of carbonyl (C=O) groups is 1. The summed E-state index contributed by atoms with van der Waals surface area (Å²) in [6.45, 7) is -0.188. The van der Waals surface area contributed by atoms with E-state index in [2.05, 4.69) is 10.3 Å². The molecular weight excluding hydrogens is 415 g/mol. The number of halogens is 3. The Morgan fingerprint density at radius 1 is 1.12 bits per heavy atom. The van der Waals surface area contributed by atoms with E-state index in [1.54, 1.807) is 24.4 Å². The molecule has 1 amide bonds. The number of rotatable bonds is 6. The molecule has 26 heavy (non-hydrogen) atoms. The van der Waals surface area contributed by atoms with Gasteiger partial charge in [0.1, 0.15) is 10.8 Å². The van der Waals surface area contributed by atoms with Gasteiger partial charge in [0, 0.05) is 22.5 Å². The van der Waals surface area contributed by atoms with Gasteiger partial charge in [-0.3, -0.25) is 10.1 Å². The molecule has 0 fully saturated rings. The fourth-order valence-corrected chi connectivity index (χ4v) is 3.48. The van der Waals surface area contributed by atoms with Gasteiger partial charge in [0.2, 0.25) is 0 Å². The number of hydrogen-bond donors (Lipinski definition) is 1. The summed E-state index contributed by atoms with van der Waals surface area (Å²) in [6.07, 6.45) is 2.46. The van der Waals surface area contributed by atoms with Crippen molar-refractivity contribution in [2.75, 3.05) is 11.9 Å². The summed E-state index contributed by atoms with van der Waals surface area (Å²) in [5.74, 6) is 0.0327. The zero-order chi connectivity index (χ0) is 18.5. The predicted octanol–water partition coefficient (Wildman–Crippen LogP) is 5.71. The number of thiazole rings is 1. The monoisotopic (exact) mass is 426 g/mol. The molecule has 0 aliphatic carbocycles. The van der Waals surface area contributed by atoms with Gasteiger partial charge in [-0.2, -0.15) is 0 Å². The lowest BCUT2D eigenvalue weighted by Gasteiger charge is -2.08. The summed E-state index contributed by atoms with van der Waals surface area (Å²) in [7, 11) is 0. The van der Waals surface area contributed by atoms with Gasteiger partial charge in [-0.05, 0) is 29.8 Å². The average molecular weight is 428 g/mol. The molecule has 0 aliphatic heterocycles. The van der Waals surface area contributed by atoms with Crippen LogP contribution >= 0.6 is 46.1 Å². The number of hydrogen-bond acceptors (Lipinski definition) is 4. The van der Waals surface area contributed by atoms with E-state index in [1.165, 1.54) is 11.3 Å². The number of nitrogens with one attached hydrogen (secondary N) is 1. The fourth-order valence-electron chi connectivity index (χ4n) is 2.14. The van der Waals surface area contributed by atoms with Crippen molar-refractivity contribution < 1.29 is 9.53 Å². The summed E-state index contributed by atoms with van der Waals surface area (Å²) in [6, 6.07) is 12.6. The van der Waals surface area contributed by atoms with Crippen molar-refractivity contribution in [3.63, 3.8) is 0 Å². The number of aromatic nitrogens is 1. The highest BCUT2D eigenvalue weighted by Crippen LogP contribution is 2.31. The molecule has 1 N–H and O–H groups in total. The standard InChI is InChI=1S/C18H13Cl3N2O2S/c19-12-6-4-11(5-7-12)8-13-9-22-18(26-13)23-16(24)10-25-15-3-1-2-14(20)17(15)21/h1-7,9H,8,10H2,(H,22,23,24). The third kappa shape index (κ3) is 5.11. The minimum atomic E-state index is -0.326. The molecule has 0 unspecified atom stereocenters. The molecule has 4 nitrogen and oxygen atoms in total. The van der Waals surface area contributed by atoms with Gasteiger partial charge in [0.05, 0.1) is 5.02 Å². The van der Waals surface area contributed by atoms with E-state index >= 15 is 0 Å². The molecule has 2 aromatic carbocycles. The van der Waals surface area contributed by atoms with E-state index in [9.17, 15) is 4.79 Å². The minimum absolute atomic E-state index is 0.188. The molecule has 0 saturated heterocycles. The summed E-state index contributed by atoms with van der Waals surface area (Å²) < 4.78 is 5.40. The molecule has 0 bridgehead atoms. The molecule has 1 heterocycles. The third-order valence-corrected chi connectivity index (χ3v) is 5.33. The highest BCUT2D eigenvalue weighted by molar-refractivity contribution is 7.15. The zero-order valence-corrected chi connectivity index (χ0v) is 16.4. The smallest absolute Gasteiger partial charge is 0.264 e. The van der Waals surface area contributed by atoms with Crippen molar-refractivity contribution in [1.29, 1.82) is 0 Å². The van der Waals surface area contributed by atoms with Gasteiger partial charge in [0.15, 0.2) is 11.7 Å². The van der Waals surface area contributed by atoms with Crippen LogP contribution in [0.2, 0.25) is 15.1 Å². The molecule has 8 heteroatoms. The van der Waals surface area contributed by atoms with Gasteiger partial charge in [-0.15, -0.1) is 11.3 Å². The van der Waals surface area contributed by atoms with Crippen LogP contribution in [0.25, 0.3) is 0 Å². The van der Waals surface area contributed by atoms with E-state index in [4.69, 9.17) is 39.5 Å². The van der Waals surface area contributed by atoms with Crippen LogP contribution in [0, 0.1) is 0 Å². The lowest BCUT2D eigenvalue weighted by Crippen LogP contribution is -2.20. The largest absolute Gasteiger partial charge is 0.482 e. The van der Waals surface area contributed by atoms with Gasteiger partial charge >= 0.3 is 0 Å². The van der Waals surface area contributed by atoms with Crippen molar-refractivity contribution >= 4 is 57.2 Å². The summed E-state index contributed by atoms with van der Waals surface area (Å²) in [5, 5.41) is 4.57. The number of carbonyl (C=O) groups excluding carboxylic acids is 1. The molecule has 0 radical (unpaired) electrons. The van der Waals surface area contributed by atoms with Crippen molar-refractivity contribution in [1.82, 2.24) is 4.98 Å². The van der Waals surface area contributed by atoms with Crippen LogP contribution < -0.4 is 10.1 Å². The number of nitrogens with zero attached hydrogens (tertiary/aromatic N) is 1. The maximum absolute atomic E-state index is 12.0. The van der Waals surface area contributed by atoms with Gasteiger partial charge in [0.25, 0.3) is 5.91 Å². The normalized spacial score (nSPS) is 10.6. The molecule has 3 rings (SSSR count). The first kappa shape index (κ1) is 19.0. The first-order valence-corrected chi connectivity index (χ1v) is 9.52. The highest BCUT2D eigenvalue weighted by atomic mass is 35.5. The van der Waals surface area contributed by atoms with Crippen LogP contribution in [0.1, 0.15) is 10.4 Å². The van der Waals surface area contributed by atoms with E-state index in [0.717, 1.165) is 16.9 Å². The third-order valence-electron chi connectivity index (χ3n) is 3.37. The highest BCUT2D eigenvalue weighted by Gasteiger charge is 2.10. The Morgan fingerprint density at radius 2 is 1.88 bits per heavy atom. The Bertz CT molecular complexity index is 913. The molecular formula is C18H13Cl3N2O2S.